The molecule has 184 valence electrons. The standard InChI is InChI=1S/C18H17N5OS.C8H9NOS/c1-2-13-8-11-9-22(18(24)16(11)25-13)15-5-3-4-14(20-15)17-21-19-10-23(17)12-6-7-12;1-2-6-3-5-4-9-8(10)7(5)11-6/h3-5,8,10,12H,2,6-7,9H2,1H3;3H,2,4H2,1H3,(H,9,10). The second kappa shape index (κ2) is 9.25. The van der Waals surface area contributed by atoms with Gasteiger partial charge in [0.25, 0.3) is 11.8 Å². The second-order valence-electron chi connectivity index (χ2n) is 9.09. The molecule has 6 heterocycles. The first-order chi connectivity index (χ1) is 17.6. The van der Waals surface area contributed by atoms with Gasteiger partial charge in [0.2, 0.25) is 0 Å². The van der Waals surface area contributed by atoms with Gasteiger partial charge in [-0.05, 0) is 61.1 Å². The number of anilines is 1. The molecule has 36 heavy (non-hydrogen) atoms. The SMILES string of the molecule is CCc1cc2c(s1)C(=O)N(c1cccc(-c3nncn3C3CC3)n1)C2.CCc1cc2c(s1)C(=O)NC2. The number of pyridine rings is 1. The van der Waals surface area contributed by atoms with Crippen LogP contribution in [-0.4, -0.2) is 31.6 Å². The number of aryl methyl sites for hydroxylation is 2. The molecule has 0 radical (unpaired) electrons. The minimum absolute atomic E-state index is 0.0491. The molecule has 2 aliphatic heterocycles. The molecule has 0 atom stereocenters. The van der Waals surface area contributed by atoms with Crippen LogP contribution in [0, 0.1) is 0 Å². The maximum absolute atomic E-state index is 12.8. The summed E-state index contributed by atoms with van der Waals surface area (Å²) in [6.07, 6.45) is 6.09. The van der Waals surface area contributed by atoms with Crippen molar-refractivity contribution < 1.29 is 9.59 Å². The van der Waals surface area contributed by atoms with Crippen molar-refractivity contribution in [1.82, 2.24) is 25.1 Å². The first kappa shape index (κ1) is 23.1. The third-order valence-electron chi connectivity index (χ3n) is 6.58. The zero-order chi connectivity index (χ0) is 24.8. The molecule has 0 spiro atoms. The second-order valence-corrected chi connectivity index (χ2v) is 11.4. The van der Waals surface area contributed by atoms with Gasteiger partial charge in [-0.1, -0.05) is 19.9 Å². The Labute approximate surface area is 217 Å². The molecule has 0 aromatic carbocycles. The number of rotatable bonds is 5. The smallest absolute Gasteiger partial charge is 0.270 e. The van der Waals surface area contributed by atoms with E-state index in [9.17, 15) is 9.59 Å². The normalized spacial score (nSPS) is 16.0. The van der Waals surface area contributed by atoms with Gasteiger partial charge in [0, 0.05) is 22.3 Å². The fraction of sp³-hybridized carbons (Fsp3) is 0.346. The van der Waals surface area contributed by atoms with E-state index in [2.05, 4.69) is 46.1 Å². The summed E-state index contributed by atoms with van der Waals surface area (Å²) in [6.45, 7) is 5.55. The third kappa shape index (κ3) is 4.14. The topological polar surface area (TPSA) is 93.0 Å². The van der Waals surface area contributed by atoms with Crippen molar-refractivity contribution in [2.24, 2.45) is 0 Å². The highest BCUT2D eigenvalue weighted by Crippen LogP contribution is 2.38. The van der Waals surface area contributed by atoms with Crippen LogP contribution in [0.5, 0.6) is 0 Å². The Morgan fingerprint density at radius 3 is 2.47 bits per heavy atom. The third-order valence-corrected chi connectivity index (χ3v) is 9.21. The average molecular weight is 519 g/mol. The van der Waals surface area contributed by atoms with Crippen LogP contribution in [0.3, 0.4) is 0 Å². The van der Waals surface area contributed by atoms with Gasteiger partial charge in [-0.15, -0.1) is 32.9 Å². The van der Waals surface area contributed by atoms with Crippen molar-refractivity contribution in [3.63, 3.8) is 0 Å². The highest BCUT2D eigenvalue weighted by atomic mass is 32.1. The predicted molar refractivity (Wildman–Crippen MR) is 141 cm³/mol. The van der Waals surface area contributed by atoms with Gasteiger partial charge in [-0.25, -0.2) is 4.98 Å². The summed E-state index contributed by atoms with van der Waals surface area (Å²) < 4.78 is 2.09. The van der Waals surface area contributed by atoms with Gasteiger partial charge in [-0.2, -0.15) is 0 Å². The van der Waals surface area contributed by atoms with Gasteiger partial charge in [0.1, 0.15) is 17.8 Å². The van der Waals surface area contributed by atoms with E-state index >= 15 is 0 Å². The Kier molecular flexibility index (Phi) is 5.93. The minimum Gasteiger partial charge on any atom is -0.347 e. The van der Waals surface area contributed by atoms with Crippen molar-refractivity contribution in [2.45, 2.75) is 58.7 Å². The summed E-state index contributed by atoms with van der Waals surface area (Å²) in [5.41, 5.74) is 3.05. The molecule has 1 N–H and O–H groups in total. The minimum atomic E-state index is 0.0491. The lowest BCUT2D eigenvalue weighted by atomic mass is 10.2. The van der Waals surface area contributed by atoms with Crippen LogP contribution in [0.1, 0.15) is 73.0 Å². The molecule has 0 unspecified atom stereocenters. The molecule has 1 saturated carbocycles. The summed E-state index contributed by atoms with van der Waals surface area (Å²) in [7, 11) is 0. The van der Waals surface area contributed by atoms with Crippen LogP contribution in [0.2, 0.25) is 0 Å². The maximum atomic E-state index is 12.8. The lowest BCUT2D eigenvalue weighted by Gasteiger charge is -2.15. The van der Waals surface area contributed by atoms with Gasteiger partial charge < -0.3 is 9.88 Å². The fourth-order valence-corrected chi connectivity index (χ4v) is 6.59. The zero-order valence-corrected chi connectivity index (χ0v) is 21.8. The number of fused-ring (bicyclic) bond motifs is 2. The number of nitrogens with zero attached hydrogens (tertiary/aromatic N) is 5. The zero-order valence-electron chi connectivity index (χ0n) is 20.2. The van der Waals surface area contributed by atoms with Gasteiger partial charge >= 0.3 is 0 Å². The van der Waals surface area contributed by atoms with Crippen LogP contribution in [-0.2, 0) is 25.9 Å². The monoisotopic (exact) mass is 518 g/mol. The molecule has 8 nitrogen and oxygen atoms in total. The molecule has 7 rings (SSSR count). The van der Waals surface area contributed by atoms with E-state index in [1.807, 2.05) is 18.2 Å². The number of carbonyl (C=O) groups is 2. The summed E-state index contributed by atoms with van der Waals surface area (Å²) in [6, 6.07) is 10.5. The van der Waals surface area contributed by atoms with Crippen LogP contribution in [0.15, 0.2) is 36.7 Å². The van der Waals surface area contributed by atoms with Crippen molar-refractivity contribution >= 4 is 40.3 Å². The first-order valence-electron chi connectivity index (χ1n) is 12.3. The van der Waals surface area contributed by atoms with E-state index in [0.29, 0.717) is 18.4 Å². The predicted octanol–water partition coefficient (Wildman–Crippen LogP) is 5.01. The molecule has 1 fully saturated rings. The lowest BCUT2D eigenvalue weighted by molar-refractivity contribution is 0.0967. The molecular weight excluding hydrogens is 492 g/mol. The lowest BCUT2D eigenvalue weighted by Crippen LogP contribution is -2.24. The van der Waals surface area contributed by atoms with Crippen molar-refractivity contribution in [2.75, 3.05) is 4.90 Å². The quantitative estimate of drug-likeness (QED) is 0.401. The Hall–Kier alpha value is -3.37. The van der Waals surface area contributed by atoms with Gasteiger partial charge in [0.05, 0.1) is 16.3 Å². The Morgan fingerprint density at radius 1 is 1.03 bits per heavy atom. The van der Waals surface area contributed by atoms with Crippen LogP contribution < -0.4 is 10.2 Å². The van der Waals surface area contributed by atoms with E-state index in [1.165, 1.54) is 15.3 Å². The molecule has 4 aromatic rings. The molecule has 10 heteroatoms. The summed E-state index contributed by atoms with van der Waals surface area (Å²) in [4.78, 5) is 34.7. The number of hydrogen-bond acceptors (Lipinski definition) is 7. The Bertz CT molecular complexity index is 1460. The maximum Gasteiger partial charge on any atom is 0.270 e. The van der Waals surface area contributed by atoms with Crippen molar-refractivity contribution in [1.29, 1.82) is 0 Å². The van der Waals surface area contributed by atoms with Crippen LogP contribution in [0.25, 0.3) is 11.5 Å². The van der Waals surface area contributed by atoms with E-state index < -0.39 is 0 Å². The molecule has 0 saturated heterocycles. The average Bonchev–Trinajstić information content (AvgIpc) is 3.29. The Balaban J connectivity index is 0.000000183. The molecule has 2 amide bonds. The largest absolute Gasteiger partial charge is 0.347 e. The molecule has 4 aromatic heterocycles. The molecule has 3 aliphatic rings. The van der Waals surface area contributed by atoms with Gasteiger partial charge in [0.15, 0.2) is 5.82 Å². The van der Waals surface area contributed by atoms with Crippen LogP contribution in [0.4, 0.5) is 5.82 Å². The van der Waals surface area contributed by atoms with E-state index in [0.717, 1.165) is 59.1 Å². The number of amides is 2. The molecule has 0 bridgehead atoms. The summed E-state index contributed by atoms with van der Waals surface area (Å²) >= 11 is 3.22. The number of aromatic nitrogens is 4. The van der Waals surface area contributed by atoms with E-state index in [-0.39, 0.29) is 11.8 Å². The first-order valence-corrected chi connectivity index (χ1v) is 13.9. The summed E-state index contributed by atoms with van der Waals surface area (Å²) in [5.74, 6) is 1.60. The number of carbonyl (C=O) groups excluding carboxylic acids is 2. The molecule has 1 aliphatic carbocycles. The van der Waals surface area contributed by atoms with Crippen LogP contribution >= 0.6 is 22.7 Å². The van der Waals surface area contributed by atoms with Crippen molar-refractivity contribution in [3.8, 4) is 11.5 Å². The van der Waals surface area contributed by atoms with E-state index in [4.69, 9.17) is 4.98 Å². The highest BCUT2D eigenvalue weighted by molar-refractivity contribution is 7.14. The number of thiophene rings is 2. The highest BCUT2D eigenvalue weighted by Gasteiger charge is 2.32. The number of nitrogens with one attached hydrogen (secondary N) is 1. The molecular formula is C26H26N6O2S2. The Morgan fingerprint density at radius 2 is 1.78 bits per heavy atom. The number of hydrogen-bond donors (Lipinski definition) is 1. The summed E-state index contributed by atoms with van der Waals surface area (Å²) in [5, 5.41) is 11.1. The fourth-order valence-electron chi connectivity index (χ4n) is 4.49. The van der Waals surface area contributed by atoms with Crippen molar-refractivity contribution in [3.05, 3.63) is 67.3 Å². The van der Waals surface area contributed by atoms with E-state index in [1.54, 1.807) is 33.9 Å². The van der Waals surface area contributed by atoms with Gasteiger partial charge in [-0.3, -0.25) is 14.5 Å².